The number of aliphatic hydroxyl groups excluding tert-OH is 1. The maximum atomic E-state index is 12.0. The van der Waals surface area contributed by atoms with E-state index in [0.29, 0.717) is 11.5 Å². The molecule has 0 bridgehead atoms. The first-order chi connectivity index (χ1) is 13.3. The molecule has 0 heterocycles. The van der Waals surface area contributed by atoms with Crippen LogP contribution in [-0.4, -0.2) is 22.6 Å². The van der Waals surface area contributed by atoms with E-state index in [9.17, 15) is 9.90 Å². The predicted molar refractivity (Wildman–Crippen MR) is 110 cm³/mol. The Hall–Kier alpha value is -1.09. The largest absolute Gasteiger partial charge is 0.513 e. The predicted octanol–water partition coefficient (Wildman–Crippen LogP) is 5.90. The Kier molecular flexibility index (Phi) is 4.19. The average molecular weight is 385 g/mol. The average Bonchev–Trinajstić information content (AvgIpc) is 3.16. The number of ether oxygens (including phenoxy) is 1. The second-order valence-electron chi connectivity index (χ2n) is 11.0. The van der Waals surface area contributed by atoms with E-state index in [-0.39, 0.29) is 22.5 Å². The summed E-state index contributed by atoms with van der Waals surface area (Å²) in [5.41, 5.74) is 1.84. The molecule has 3 saturated carbocycles. The lowest BCUT2D eigenvalue weighted by Crippen LogP contribution is -2.55. The summed E-state index contributed by atoms with van der Waals surface area (Å²) in [7, 11) is 0. The van der Waals surface area contributed by atoms with Crippen LogP contribution < -0.4 is 0 Å². The number of rotatable bonds is 2. The van der Waals surface area contributed by atoms with Crippen LogP contribution in [0.5, 0.6) is 0 Å². The van der Waals surface area contributed by atoms with Crippen molar-refractivity contribution in [1.82, 2.24) is 0 Å². The summed E-state index contributed by atoms with van der Waals surface area (Å²) in [4.78, 5) is 12.0. The van der Waals surface area contributed by atoms with Crippen molar-refractivity contribution in [3.8, 4) is 0 Å². The van der Waals surface area contributed by atoms with Gasteiger partial charge in [-0.3, -0.25) is 4.79 Å². The minimum absolute atomic E-state index is 0.0843. The molecule has 0 amide bonds. The van der Waals surface area contributed by atoms with Gasteiger partial charge in [-0.15, -0.1) is 0 Å². The summed E-state index contributed by atoms with van der Waals surface area (Å²) in [6.07, 6.45) is 14.8. The molecule has 154 valence electrons. The lowest BCUT2D eigenvalue weighted by atomic mass is 9.46. The highest BCUT2D eigenvalue weighted by Crippen LogP contribution is 2.68. The van der Waals surface area contributed by atoms with Gasteiger partial charge >= 0.3 is 0 Å². The summed E-state index contributed by atoms with van der Waals surface area (Å²) in [6.45, 7) is 7.31. The van der Waals surface area contributed by atoms with Gasteiger partial charge in [0.2, 0.25) is 0 Å². The second-order valence-corrected chi connectivity index (χ2v) is 11.0. The highest BCUT2D eigenvalue weighted by Gasteiger charge is 2.63. The molecule has 3 heteroatoms. The standard InChI is InChI=1S/C25H36O3/c1-23-11-8-18(27)14-16(23)4-7-20-21(23)9-12-24(2)22(20)10-13-25(24,3)28-19-6-5-17(26)15-19/h14-15,19-22,26H,4-13H2,1-3H3/t19?,20-,21+,22+,23+,24+,25+/m1/s1. The molecule has 0 spiro atoms. The smallest absolute Gasteiger partial charge is 0.155 e. The Balaban J connectivity index is 1.41. The van der Waals surface area contributed by atoms with Gasteiger partial charge < -0.3 is 9.84 Å². The Labute approximate surface area is 169 Å². The first-order valence-corrected chi connectivity index (χ1v) is 11.6. The quantitative estimate of drug-likeness (QED) is 0.645. The number of carbonyl (C=O) groups is 1. The van der Waals surface area contributed by atoms with Crippen molar-refractivity contribution in [2.75, 3.05) is 0 Å². The molecule has 5 aliphatic rings. The van der Waals surface area contributed by atoms with E-state index in [1.165, 1.54) is 31.3 Å². The third kappa shape index (κ3) is 2.54. The van der Waals surface area contributed by atoms with Crippen molar-refractivity contribution in [3.05, 3.63) is 23.5 Å². The van der Waals surface area contributed by atoms with Crippen molar-refractivity contribution in [3.63, 3.8) is 0 Å². The lowest BCUT2D eigenvalue weighted by Gasteiger charge is -2.59. The van der Waals surface area contributed by atoms with Gasteiger partial charge in [-0.25, -0.2) is 0 Å². The van der Waals surface area contributed by atoms with Crippen molar-refractivity contribution >= 4 is 5.78 Å². The summed E-state index contributed by atoms with van der Waals surface area (Å²) < 4.78 is 6.74. The molecule has 28 heavy (non-hydrogen) atoms. The summed E-state index contributed by atoms with van der Waals surface area (Å²) in [5, 5.41) is 9.82. The first kappa shape index (κ1) is 18.9. The minimum Gasteiger partial charge on any atom is -0.513 e. The van der Waals surface area contributed by atoms with Crippen LogP contribution in [0, 0.1) is 28.6 Å². The van der Waals surface area contributed by atoms with Crippen molar-refractivity contribution in [2.45, 2.75) is 96.7 Å². The van der Waals surface area contributed by atoms with Gasteiger partial charge in [-0.2, -0.15) is 0 Å². The molecule has 0 aromatic rings. The summed E-state index contributed by atoms with van der Waals surface area (Å²) in [6, 6.07) is 0. The SMILES string of the molecule is C[C@]12CCC(=O)C=C1CC[C@@H]1[C@@H]2CC[C@@]2(C)[C@H]1CC[C@]2(C)OC1C=C(O)CC1. The van der Waals surface area contributed by atoms with Crippen LogP contribution in [0.15, 0.2) is 23.5 Å². The van der Waals surface area contributed by atoms with Gasteiger partial charge in [0.05, 0.1) is 17.5 Å². The Morgan fingerprint density at radius 3 is 2.50 bits per heavy atom. The number of aliphatic hydroxyl groups is 1. The van der Waals surface area contributed by atoms with Gasteiger partial charge in [0.1, 0.15) is 0 Å². The molecule has 1 N–H and O–H groups in total. The van der Waals surface area contributed by atoms with Crippen molar-refractivity contribution < 1.29 is 14.6 Å². The van der Waals surface area contributed by atoms with Crippen LogP contribution in [0.2, 0.25) is 0 Å². The summed E-state index contributed by atoms with van der Waals surface area (Å²) in [5.74, 6) is 3.08. The molecule has 1 unspecified atom stereocenters. The number of allylic oxidation sites excluding steroid dienone is 2. The molecular formula is C25H36O3. The van der Waals surface area contributed by atoms with Crippen LogP contribution in [0.3, 0.4) is 0 Å². The number of fused-ring (bicyclic) bond motifs is 5. The number of ketones is 1. The van der Waals surface area contributed by atoms with E-state index >= 15 is 0 Å². The maximum absolute atomic E-state index is 12.0. The minimum atomic E-state index is -0.0893. The van der Waals surface area contributed by atoms with E-state index < -0.39 is 0 Å². The molecular weight excluding hydrogens is 348 g/mol. The molecule has 5 aliphatic carbocycles. The third-order valence-corrected chi connectivity index (χ3v) is 9.97. The number of hydrogen-bond donors (Lipinski definition) is 1. The lowest BCUT2D eigenvalue weighted by molar-refractivity contribution is -0.164. The molecule has 3 fully saturated rings. The van der Waals surface area contributed by atoms with Crippen LogP contribution >= 0.6 is 0 Å². The molecule has 0 radical (unpaired) electrons. The van der Waals surface area contributed by atoms with E-state index in [4.69, 9.17) is 4.74 Å². The number of carbonyl (C=O) groups excluding carboxylic acids is 1. The van der Waals surface area contributed by atoms with Crippen LogP contribution in [0.25, 0.3) is 0 Å². The van der Waals surface area contributed by atoms with E-state index in [1.807, 2.05) is 12.2 Å². The molecule has 0 aromatic heterocycles. The van der Waals surface area contributed by atoms with Crippen LogP contribution in [0.4, 0.5) is 0 Å². The normalized spacial score (nSPS) is 50.5. The zero-order chi connectivity index (χ0) is 19.7. The third-order valence-electron chi connectivity index (χ3n) is 9.97. The fourth-order valence-electron chi connectivity index (χ4n) is 8.08. The van der Waals surface area contributed by atoms with E-state index in [0.717, 1.165) is 56.3 Å². The highest BCUT2D eigenvalue weighted by atomic mass is 16.5. The zero-order valence-corrected chi connectivity index (χ0v) is 17.8. The first-order valence-electron chi connectivity index (χ1n) is 11.6. The molecule has 5 rings (SSSR count). The summed E-state index contributed by atoms with van der Waals surface area (Å²) >= 11 is 0. The fraction of sp³-hybridized carbons (Fsp3) is 0.800. The van der Waals surface area contributed by atoms with Crippen molar-refractivity contribution in [2.24, 2.45) is 28.6 Å². The molecule has 7 atom stereocenters. The fourth-order valence-corrected chi connectivity index (χ4v) is 8.08. The van der Waals surface area contributed by atoms with Crippen molar-refractivity contribution in [1.29, 1.82) is 0 Å². The Morgan fingerprint density at radius 2 is 1.75 bits per heavy atom. The molecule has 3 nitrogen and oxygen atoms in total. The zero-order valence-electron chi connectivity index (χ0n) is 17.8. The number of hydrogen-bond acceptors (Lipinski definition) is 3. The monoisotopic (exact) mass is 384 g/mol. The molecule has 0 aliphatic heterocycles. The Morgan fingerprint density at radius 1 is 0.964 bits per heavy atom. The van der Waals surface area contributed by atoms with Gasteiger partial charge in [-0.05, 0) is 99.0 Å². The maximum Gasteiger partial charge on any atom is 0.155 e. The van der Waals surface area contributed by atoms with Gasteiger partial charge in [0.15, 0.2) is 5.78 Å². The van der Waals surface area contributed by atoms with Gasteiger partial charge in [-0.1, -0.05) is 19.4 Å². The topological polar surface area (TPSA) is 46.5 Å². The molecule has 0 saturated heterocycles. The molecule has 0 aromatic carbocycles. The Bertz CT molecular complexity index is 751. The van der Waals surface area contributed by atoms with E-state index in [1.54, 1.807) is 0 Å². The van der Waals surface area contributed by atoms with Crippen LogP contribution in [0.1, 0.15) is 85.0 Å². The van der Waals surface area contributed by atoms with Crippen LogP contribution in [-0.2, 0) is 9.53 Å². The second kappa shape index (κ2) is 6.20. The highest BCUT2D eigenvalue weighted by molar-refractivity contribution is 5.91. The van der Waals surface area contributed by atoms with Gasteiger partial charge in [0, 0.05) is 12.8 Å². The van der Waals surface area contributed by atoms with Gasteiger partial charge in [0.25, 0.3) is 0 Å². The van der Waals surface area contributed by atoms with E-state index in [2.05, 4.69) is 20.8 Å².